The molecule has 2 aliphatic rings. The van der Waals surface area contributed by atoms with Gasteiger partial charge in [-0.2, -0.15) is 0 Å². The molecule has 0 spiro atoms. The minimum absolute atomic E-state index is 0.114. The molecule has 0 aliphatic carbocycles. The van der Waals surface area contributed by atoms with Crippen molar-refractivity contribution in [2.45, 2.75) is 25.7 Å². The summed E-state index contributed by atoms with van der Waals surface area (Å²) in [5.74, 6) is 0.466. The van der Waals surface area contributed by atoms with Gasteiger partial charge in [-0.1, -0.05) is 0 Å². The van der Waals surface area contributed by atoms with E-state index in [-0.39, 0.29) is 16.5 Å². The highest BCUT2D eigenvalue weighted by molar-refractivity contribution is 5.79. The Bertz CT molecular complexity index is 544. The van der Waals surface area contributed by atoms with Gasteiger partial charge in [-0.15, -0.1) is 0 Å². The molecule has 0 unspecified atom stereocenters. The molecule has 0 atom stereocenters. The Morgan fingerprint density at radius 1 is 1.05 bits per heavy atom. The highest BCUT2D eigenvalue weighted by atomic mass is 16.6. The lowest BCUT2D eigenvalue weighted by atomic mass is 9.95. The second kappa shape index (κ2) is 6.34. The third-order valence-corrected chi connectivity index (χ3v) is 4.69. The largest absolute Gasteiger partial charge is 0.371 e. The molecule has 0 bridgehead atoms. The SMILES string of the molecule is O=C(C1CCN(c2ccc([N+](=O)[O-])cc2)CC1)N1CCCC1. The summed E-state index contributed by atoms with van der Waals surface area (Å²) < 4.78 is 0. The monoisotopic (exact) mass is 303 g/mol. The van der Waals surface area contributed by atoms with Gasteiger partial charge < -0.3 is 9.80 Å². The van der Waals surface area contributed by atoms with Crippen LogP contribution in [0.5, 0.6) is 0 Å². The molecule has 1 aromatic carbocycles. The Balaban J connectivity index is 1.57. The molecule has 2 fully saturated rings. The summed E-state index contributed by atoms with van der Waals surface area (Å²) in [6.07, 6.45) is 4.00. The van der Waals surface area contributed by atoms with Gasteiger partial charge in [0.15, 0.2) is 0 Å². The summed E-state index contributed by atoms with van der Waals surface area (Å²) in [5.41, 5.74) is 1.11. The zero-order chi connectivity index (χ0) is 15.5. The third kappa shape index (κ3) is 3.05. The predicted octanol–water partition coefficient (Wildman–Crippen LogP) is 2.43. The van der Waals surface area contributed by atoms with E-state index in [9.17, 15) is 14.9 Å². The Morgan fingerprint density at radius 3 is 2.18 bits per heavy atom. The number of hydrogen-bond donors (Lipinski definition) is 0. The molecule has 118 valence electrons. The average molecular weight is 303 g/mol. The van der Waals surface area contributed by atoms with Crippen molar-refractivity contribution in [2.75, 3.05) is 31.1 Å². The molecule has 2 saturated heterocycles. The van der Waals surface area contributed by atoms with Gasteiger partial charge in [0.2, 0.25) is 5.91 Å². The number of nitrogens with zero attached hydrogens (tertiary/aromatic N) is 3. The van der Waals surface area contributed by atoms with Crippen LogP contribution in [-0.4, -0.2) is 41.9 Å². The van der Waals surface area contributed by atoms with E-state index in [1.54, 1.807) is 12.1 Å². The second-order valence-electron chi connectivity index (χ2n) is 6.07. The van der Waals surface area contributed by atoms with E-state index in [0.717, 1.165) is 57.5 Å². The standard InChI is InChI=1S/C16H21N3O3/c20-16(18-9-1-2-10-18)13-7-11-17(12-8-13)14-3-5-15(6-4-14)19(21)22/h3-6,13H,1-2,7-12H2. The zero-order valence-corrected chi connectivity index (χ0v) is 12.6. The molecule has 2 aliphatic heterocycles. The second-order valence-corrected chi connectivity index (χ2v) is 6.07. The van der Waals surface area contributed by atoms with Crippen LogP contribution in [0.2, 0.25) is 0 Å². The normalized spacial score (nSPS) is 19.5. The maximum absolute atomic E-state index is 12.4. The van der Waals surface area contributed by atoms with Crippen LogP contribution >= 0.6 is 0 Å². The van der Waals surface area contributed by atoms with Crippen LogP contribution in [-0.2, 0) is 4.79 Å². The van der Waals surface area contributed by atoms with Gasteiger partial charge in [0.25, 0.3) is 5.69 Å². The lowest BCUT2D eigenvalue weighted by Gasteiger charge is -2.34. The van der Waals surface area contributed by atoms with Crippen LogP contribution in [0.25, 0.3) is 0 Å². The number of likely N-dealkylation sites (tertiary alicyclic amines) is 1. The molecule has 2 heterocycles. The topological polar surface area (TPSA) is 66.7 Å². The number of amides is 1. The molecule has 0 saturated carbocycles. The fourth-order valence-corrected chi connectivity index (χ4v) is 3.37. The van der Waals surface area contributed by atoms with E-state index < -0.39 is 0 Å². The Morgan fingerprint density at radius 2 is 1.64 bits per heavy atom. The molecule has 0 radical (unpaired) electrons. The molecular formula is C16H21N3O3. The summed E-state index contributed by atoms with van der Waals surface area (Å²) >= 11 is 0. The molecule has 1 aromatic rings. The van der Waals surface area contributed by atoms with Gasteiger partial charge in [-0.25, -0.2) is 0 Å². The van der Waals surface area contributed by atoms with E-state index in [2.05, 4.69) is 4.90 Å². The summed E-state index contributed by atoms with van der Waals surface area (Å²) in [6.45, 7) is 3.51. The lowest BCUT2D eigenvalue weighted by Crippen LogP contribution is -2.41. The van der Waals surface area contributed by atoms with E-state index in [0.29, 0.717) is 5.91 Å². The number of carbonyl (C=O) groups excluding carboxylic acids is 1. The van der Waals surface area contributed by atoms with Gasteiger partial charge in [0.1, 0.15) is 0 Å². The molecule has 6 nitrogen and oxygen atoms in total. The van der Waals surface area contributed by atoms with E-state index >= 15 is 0 Å². The summed E-state index contributed by atoms with van der Waals surface area (Å²) in [4.78, 5) is 26.9. The quantitative estimate of drug-likeness (QED) is 0.635. The van der Waals surface area contributed by atoms with Crippen molar-refractivity contribution in [2.24, 2.45) is 5.92 Å². The number of benzene rings is 1. The van der Waals surface area contributed by atoms with Crippen LogP contribution in [0.4, 0.5) is 11.4 Å². The van der Waals surface area contributed by atoms with Crippen molar-refractivity contribution >= 4 is 17.3 Å². The number of hydrogen-bond acceptors (Lipinski definition) is 4. The first-order valence-corrected chi connectivity index (χ1v) is 7.93. The molecule has 1 amide bonds. The first kappa shape index (κ1) is 14.8. The van der Waals surface area contributed by atoms with E-state index in [4.69, 9.17) is 0 Å². The summed E-state index contributed by atoms with van der Waals surface area (Å²) in [7, 11) is 0. The third-order valence-electron chi connectivity index (χ3n) is 4.69. The van der Waals surface area contributed by atoms with Gasteiger partial charge in [0.05, 0.1) is 4.92 Å². The van der Waals surface area contributed by atoms with Crippen LogP contribution in [0.1, 0.15) is 25.7 Å². The van der Waals surface area contributed by atoms with Crippen molar-refractivity contribution in [1.82, 2.24) is 4.90 Å². The van der Waals surface area contributed by atoms with Crippen molar-refractivity contribution in [3.8, 4) is 0 Å². The van der Waals surface area contributed by atoms with Gasteiger partial charge >= 0.3 is 0 Å². The van der Waals surface area contributed by atoms with E-state index in [1.165, 1.54) is 12.1 Å². The van der Waals surface area contributed by atoms with Crippen molar-refractivity contribution in [3.63, 3.8) is 0 Å². The van der Waals surface area contributed by atoms with Crippen LogP contribution in [0.15, 0.2) is 24.3 Å². The van der Waals surface area contributed by atoms with Crippen LogP contribution in [0, 0.1) is 16.0 Å². The number of carbonyl (C=O) groups is 1. The van der Waals surface area contributed by atoms with Crippen LogP contribution in [0.3, 0.4) is 0 Å². The van der Waals surface area contributed by atoms with Crippen LogP contribution < -0.4 is 4.90 Å². The number of anilines is 1. The fourth-order valence-electron chi connectivity index (χ4n) is 3.37. The highest BCUT2D eigenvalue weighted by Gasteiger charge is 2.29. The Kier molecular flexibility index (Phi) is 4.27. The average Bonchev–Trinajstić information content (AvgIpc) is 3.09. The molecule has 3 rings (SSSR count). The molecule has 0 aromatic heterocycles. The number of rotatable bonds is 3. The number of nitro benzene ring substituents is 1. The lowest BCUT2D eigenvalue weighted by molar-refractivity contribution is -0.384. The van der Waals surface area contributed by atoms with Crippen molar-refractivity contribution < 1.29 is 9.72 Å². The summed E-state index contributed by atoms with van der Waals surface area (Å²) in [6, 6.07) is 6.66. The molecular weight excluding hydrogens is 282 g/mol. The molecule has 0 N–H and O–H groups in total. The maximum Gasteiger partial charge on any atom is 0.269 e. The number of non-ortho nitro benzene ring substituents is 1. The molecule has 22 heavy (non-hydrogen) atoms. The Labute approximate surface area is 129 Å². The highest BCUT2D eigenvalue weighted by Crippen LogP contribution is 2.27. The zero-order valence-electron chi connectivity index (χ0n) is 12.6. The van der Waals surface area contributed by atoms with Crippen molar-refractivity contribution in [1.29, 1.82) is 0 Å². The minimum Gasteiger partial charge on any atom is -0.371 e. The van der Waals surface area contributed by atoms with Gasteiger partial charge in [-0.05, 0) is 37.8 Å². The maximum atomic E-state index is 12.4. The van der Waals surface area contributed by atoms with E-state index in [1.807, 2.05) is 4.90 Å². The smallest absolute Gasteiger partial charge is 0.269 e. The van der Waals surface area contributed by atoms with Gasteiger partial charge in [-0.3, -0.25) is 14.9 Å². The van der Waals surface area contributed by atoms with Crippen molar-refractivity contribution in [3.05, 3.63) is 34.4 Å². The number of nitro groups is 1. The first-order chi connectivity index (χ1) is 10.6. The van der Waals surface area contributed by atoms with Gasteiger partial charge in [0, 0.05) is 49.9 Å². The predicted molar refractivity (Wildman–Crippen MR) is 83.8 cm³/mol. The Hall–Kier alpha value is -2.11. The fraction of sp³-hybridized carbons (Fsp3) is 0.562. The minimum atomic E-state index is -0.384. The first-order valence-electron chi connectivity index (χ1n) is 7.93. The molecule has 6 heteroatoms. The summed E-state index contributed by atoms with van der Waals surface area (Å²) in [5, 5.41) is 10.7. The number of piperidine rings is 1.